The highest BCUT2D eigenvalue weighted by Gasteiger charge is 2.15. The van der Waals surface area contributed by atoms with Gasteiger partial charge in [0.25, 0.3) is 0 Å². The van der Waals surface area contributed by atoms with E-state index in [0.29, 0.717) is 0 Å². The third-order valence-electron chi connectivity index (χ3n) is 6.67. The quantitative estimate of drug-likeness (QED) is 0.380. The van der Waals surface area contributed by atoms with Crippen LogP contribution in [0.25, 0.3) is 33.3 Å². The first-order valence-electron chi connectivity index (χ1n) is 12.3. The predicted molar refractivity (Wildman–Crippen MR) is 137 cm³/mol. The predicted octanol–water partition coefficient (Wildman–Crippen LogP) is 1.36. The van der Waals surface area contributed by atoms with Gasteiger partial charge in [0, 0.05) is 47.1 Å². The average Bonchev–Trinajstić information content (AvgIpc) is 2.91. The van der Waals surface area contributed by atoms with Crippen molar-refractivity contribution in [2.75, 3.05) is 32.8 Å². The second-order valence-electron chi connectivity index (χ2n) is 8.93. The third kappa shape index (κ3) is 6.06. The number of quaternary nitrogens is 1. The van der Waals surface area contributed by atoms with Gasteiger partial charge in [0.05, 0.1) is 31.0 Å². The molecule has 2 aromatic heterocycles. The van der Waals surface area contributed by atoms with Crippen molar-refractivity contribution in [1.29, 1.82) is 0 Å². The molecule has 182 valence electrons. The highest BCUT2D eigenvalue weighted by molar-refractivity contribution is 5.92. The van der Waals surface area contributed by atoms with Gasteiger partial charge in [0.2, 0.25) is 0 Å². The van der Waals surface area contributed by atoms with Gasteiger partial charge in [0.1, 0.15) is 0 Å². The highest BCUT2D eigenvalue weighted by atomic mass is 35.5. The minimum Gasteiger partial charge on any atom is -1.00 e. The van der Waals surface area contributed by atoms with Crippen LogP contribution in [0.2, 0.25) is 0 Å². The van der Waals surface area contributed by atoms with Crippen molar-refractivity contribution in [3.63, 3.8) is 0 Å². The number of ether oxygens (including phenoxy) is 1. The molecule has 0 radical (unpaired) electrons. The zero-order valence-corrected chi connectivity index (χ0v) is 20.9. The van der Waals surface area contributed by atoms with Crippen LogP contribution in [0.5, 0.6) is 0 Å². The maximum atomic E-state index is 5.46. The second kappa shape index (κ2) is 12.2. The summed E-state index contributed by atoms with van der Waals surface area (Å²) in [7, 11) is 0. The number of hydrogen-bond acceptors (Lipinski definition) is 4. The fourth-order valence-electron chi connectivity index (χ4n) is 4.69. The number of rotatable bonds is 8. The molecule has 0 aliphatic carbocycles. The molecule has 0 unspecified atom stereocenters. The molecule has 1 saturated heterocycles. The molecule has 1 aliphatic rings. The number of hydrogen-bond donors (Lipinski definition) is 1. The van der Waals surface area contributed by atoms with Gasteiger partial charge in [-0.15, -0.1) is 0 Å². The molecule has 5 nitrogen and oxygen atoms in total. The molecular weight excluding hydrogens is 456 g/mol. The summed E-state index contributed by atoms with van der Waals surface area (Å²) in [6.45, 7) is 5.75. The van der Waals surface area contributed by atoms with E-state index in [4.69, 9.17) is 14.7 Å². The lowest BCUT2D eigenvalue weighted by Crippen LogP contribution is -3.00. The van der Waals surface area contributed by atoms with Crippen molar-refractivity contribution in [2.24, 2.45) is 0 Å². The Balaban J connectivity index is 0.00000289. The number of aryl methyl sites for hydroxylation is 1. The van der Waals surface area contributed by atoms with E-state index < -0.39 is 0 Å². The summed E-state index contributed by atoms with van der Waals surface area (Å²) >= 11 is 0. The molecule has 3 N–H and O–H groups in total. The Hall–Kier alpha value is -2.83. The summed E-state index contributed by atoms with van der Waals surface area (Å²) < 4.78 is 5.46. The van der Waals surface area contributed by atoms with Crippen LogP contribution in [0.15, 0.2) is 72.9 Å². The first-order valence-corrected chi connectivity index (χ1v) is 12.3. The SMILES string of the molecule is [Cl-].[NH3+]Cc1ccc(-c2nc3ccnc(CCCCN4CCOCC4)c3cc2-c2ccccc2)cc1. The maximum absolute atomic E-state index is 5.46. The molecular formula is C29H33ClN4O. The first kappa shape index (κ1) is 25.3. The van der Waals surface area contributed by atoms with E-state index in [1.165, 1.54) is 17.5 Å². The second-order valence-corrected chi connectivity index (χ2v) is 8.93. The van der Waals surface area contributed by atoms with Gasteiger partial charge in [-0.25, -0.2) is 4.98 Å². The van der Waals surface area contributed by atoms with Crippen molar-refractivity contribution in [1.82, 2.24) is 14.9 Å². The molecule has 6 heteroatoms. The summed E-state index contributed by atoms with van der Waals surface area (Å²) in [6.07, 6.45) is 5.17. The van der Waals surface area contributed by atoms with Crippen LogP contribution in [-0.2, 0) is 17.7 Å². The Morgan fingerprint density at radius 3 is 2.40 bits per heavy atom. The third-order valence-corrected chi connectivity index (χ3v) is 6.67. The largest absolute Gasteiger partial charge is 1.00 e. The molecule has 5 rings (SSSR count). The van der Waals surface area contributed by atoms with Gasteiger partial charge in [-0.1, -0.05) is 54.6 Å². The number of pyridine rings is 2. The van der Waals surface area contributed by atoms with E-state index in [9.17, 15) is 0 Å². The van der Waals surface area contributed by atoms with Gasteiger partial charge in [-0.3, -0.25) is 9.88 Å². The van der Waals surface area contributed by atoms with E-state index >= 15 is 0 Å². The summed E-state index contributed by atoms with van der Waals surface area (Å²) in [6, 6.07) is 23.5. The van der Waals surface area contributed by atoms with Crippen molar-refractivity contribution in [3.8, 4) is 22.4 Å². The first-order chi connectivity index (χ1) is 16.8. The molecule has 1 aliphatic heterocycles. The van der Waals surface area contributed by atoms with Crippen molar-refractivity contribution >= 4 is 10.9 Å². The smallest absolute Gasteiger partial charge is 0.0997 e. The molecule has 0 amide bonds. The number of unbranched alkanes of at least 4 members (excludes halogenated alkanes) is 1. The van der Waals surface area contributed by atoms with E-state index in [1.807, 2.05) is 12.3 Å². The topological polar surface area (TPSA) is 65.9 Å². The Labute approximate surface area is 213 Å². The Morgan fingerprint density at radius 2 is 1.66 bits per heavy atom. The zero-order valence-electron chi connectivity index (χ0n) is 20.1. The molecule has 0 saturated carbocycles. The van der Waals surface area contributed by atoms with Crippen LogP contribution in [0.4, 0.5) is 0 Å². The van der Waals surface area contributed by atoms with Crippen LogP contribution in [-0.4, -0.2) is 47.7 Å². The molecule has 2 aromatic carbocycles. The average molecular weight is 489 g/mol. The lowest BCUT2D eigenvalue weighted by Gasteiger charge is -2.26. The normalized spacial score (nSPS) is 14.1. The van der Waals surface area contributed by atoms with Crippen molar-refractivity contribution in [2.45, 2.75) is 25.8 Å². The number of aromatic nitrogens is 2. The number of halogens is 1. The number of fused-ring (bicyclic) bond motifs is 1. The summed E-state index contributed by atoms with van der Waals surface area (Å²) in [5.74, 6) is 0. The minimum atomic E-state index is 0. The fraction of sp³-hybridized carbons (Fsp3) is 0.310. The summed E-state index contributed by atoms with van der Waals surface area (Å²) in [5.41, 5.74) is 11.8. The van der Waals surface area contributed by atoms with Crippen LogP contribution in [0, 0.1) is 0 Å². The highest BCUT2D eigenvalue weighted by Crippen LogP contribution is 2.34. The van der Waals surface area contributed by atoms with Gasteiger partial charge < -0.3 is 22.9 Å². The Kier molecular flexibility index (Phi) is 8.83. The zero-order chi connectivity index (χ0) is 23.2. The molecule has 0 bridgehead atoms. The van der Waals surface area contributed by atoms with Crippen LogP contribution >= 0.6 is 0 Å². The van der Waals surface area contributed by atoms with Crippen molar-refractivity contribution < 1.29 is 22.9 Å². The van der Waals surface area contributed by atoms with E-state index in [1.54, 1.807) is 0 Å². The molecule has 0 atom stereocenters. The molecule has 0 spiro atoms. The van der Waals surface area contributed by atoms with E-state index in [-0.39, 0.29) is 12.4 Å². The standard InChI is InChI=1S/C29H32N4O.ClH/c30-21-22-9-11-24(12-10-22)29-25(23-6-2-1-3-7-23)20-26-27(31-14-13-28(26)32-29)8-4-5-15-33-16-18-34-19-17-33;/h1-3,6-7,9-14,20H,4-5,8,15-19,21,30H2;1H. The van der Waals surface area contributed by atoms with Crippen molar-refractivity contribution in [3.05, 3.63) is 84.2 Å². The van der Waals surface area contributed by atoms with Gasteiger partial charge in [-0.2, -0.15) is 0 Å². The molecule has 4 aromatic rings. The lowest BCUT2D eigenvalue weighted by molar-refractivity contribution is -0.386. The van der Waals surface area contributed by atoms with E-state index in [0.717, 1.165) is 85.7 Å². The molecule has 35 heavy (non-hydrogen) atoms. The van der Waals surface area contributed by atoms with Gasteiger partial charge in [0.15, 0.2) is 0 Å². The van der Waals surface area contributed by atoms with Gasteiger partial charge in [-0.05, 0) is 43.5 Å². The number of morpholine rings is 1. The minimum absolute atomic E-state index is 0. The summed E-state index contributed by atoms with van der Waals surface area (Å²) in [5, 5.41) is 1.16. The van der Waals surface area contributed by atoms with Crippen LogP contribution in [0.3, 0.4) is 0 Å². The fourth-order valence-corrected chi connectivity index (χ4v) is 4.69. The lowest BCUT2D eigenvalue weighted by atomic mass is 9.96. The monoisotopic (exact) mass is 488 g/mol. The van der Waals surface area contributed by atoms with Gasteiger partial charge >= 0.3 is 0 Å². The Bertz CT molecular complexity index is 1220. The summed E-state index contributed by atoms with van der Waals surface area (Å²) in [4.78, 5) is 12.4. The number of nitrogens with zero attached hydrogens (tertiary/aromatic N) is 3. The molecule has 3 heterocycles. The maximum Gasteiger partial charge on any atom is 0.0997 e. The van der Waals surface area contributed by atoms with Crippen LogP contribution < -0.4 is 18.1 Å². The van der Waals surface area contributed by atoms with E-state index in [2.05, 4.69) is 71.3 Å². The molecule has 1 fully saturated rings. The van der Waals surface area contributed by atoms with Crippen LogP contribution in [0.1, 0.15) is 24.1 Å². The number of benzene rings is 2. The Morgan fingerprint density at radius 1 is 0.886 bits per heavy atom.